The van der Waals surface area contributed by atoms with E-state index in [1.807, 2.05) is 67.8 Å². The second-order valence-corrected chi connectivity index (χ2v) is 7.69. The number of anilines is 1. The maximum absolute atomic E-state index is 12.3. The van der Waals surface area contributed by atoms with Crippen LogP contribution in [0.4, 0.5) is 5.69 Å². The highest BCUT2D eigenvalue weighted by molar-refractivity contribution is 7.99. The molecule has 30 heavy (non-hydrogen) atoms. The lowest BCUT2D eigenvalue weighted by atomic mass is 10.1. The Morgan fingerprint density at radius 2 is 1.90 bits per heavy atom. The van der Waals surface area contributed by atoms with Crippen LogP contribution in [-0.2, 0) is 17.9 Å². The number of nitrogens with zero attached hydrogens (tertiary/aromatic N) is 3. The van der Waals surface area contributed by atoms with E-state index in [0.717, 1.165) is 17.0 Å². The average molecular weight is 427 g/mol. The van der Waals surface area contributed by atoms with E-state index in [1.54, 1.807) is 7.11 Å². The number of thioether (sulfide) groups is 1. The number of rotatable bonds is 9. The third-order valence-electron chi connectivity index (χ3n) is 4.64. The molecule has 0 atom stereocenters. The van der Waals surface area contributed by atoms with Gasteiger partial charge in [-0.2, -0.15) is 0 Å². The first-order chi connectivity index (χ1) is 14.5. The first-order valence-corrected chi connectivity index (χ1v) is 10.7. The van der Waals surface area contributed by atoms with Crippen molar-refractivity contribution in [1.82, 2.24) is 14.8 Å². The van der Waals surface area contributed by atoms with Crippen LogP contribution in [0, 0.1) is 13.8 Å². The van der Waals surface area contributed by atoms with Gasteiger partial charge in [0.25, 0.3) is 0 Å². The van der Waals surface area contributed by atoms with Gasteiger partial charge in [0.05, 0.1) is 12.9 Å². The number of methoxy groups -OCH3 is 1. The maximum Gasteiger partial charge on any atom is 0.234 e. The molecule has 0 aliphatic carbocycles. The summed E-state index contributed by atoms with van der Waals surface area (Å²) < 4.78 is 13.0. The fourth-order valence-corrected chi connectivity index (χ4v) is 3.66. The van der Waals surface area contributed by atoms with Crippen LogP contribution in [0.25, 0.3) is 0 Å². The standard InChI is InChI=1S/C22H26N4O3S/c1-5-26-20(13-29-19-8-6-7-18(12-19)28-4)24-25-22(26)30-14-21(27)23-17-10-9-15(2)16(3)11-17/h6-12H,5,13-14H2,1-4H3,(H,23,27). The summed E-state index contributed by atoms with van der Waals surface area (Å²) in [4.78, 5) is 12.3. The number of carbonyl (C=O) groups is 1. The van der Waals surface area contributed by atoms with E-state index in [4.69, 9.17) is 9.47 Å². The second-order valence-electron chi connectivity index (χ2n) is 6.75. The van der Waals surface area contributed by atoms with Gasteiger partial charge in [-0.25, -0.2) is 0 Å². The summed E-state index contributed by atoms with van der Waals surface area (Å²) in [6.07, 6.45) is 0. The molecular weight excluding hydrogens is 400 g/mol. The molecule has 3 aromatic rings. The molecule has 0 aliphatic heterocycles. The Hall–Kier alpha value is -3.00. The van der Waals surface area contributed by atoms with Gasteiger partial charge in [-0.05, 0) is 56.2 Å². The smallest absolute Gasteiger partial charge is 0.234 e. The lowest BCUT2D eigenvalue weighted by Crippen LogP contribution is -2.15. The number of aryl methyl sites for hydroxylation is 2. The van der Waals surface area contributed by atoms with E-state index in [0.29, 0.717) is 23.3 Å². The molecule has 0 saturated heterocycles. The van der Waals surface area contributed by atoms with Crippen molar-refractivity contribution < 1.29 is 14.3 Å². The van der Waals surface area contributed by atoms with Gasteiger partial charge < -0.3 is 19.4 Å². The zero-order valence-electron chi connectivity index (χ0n) is 17.6. The topological polar surface area (TPSA) is 78.3 Å². The molecule has 0 fully saturated rings. The van der Waals surface area contributed by atoms with Crippen molar-refractivity contribution in [3.63, 3.8) is 0 Å². The van der Waals surface area contributed by atoms with Crippen LogP contribution in [-0.4, -0.2) is 33.5 Å². The minimum Gasteiger partial charge on any atom is -0.497 e. The summed E-state index contributed by atoms with van der Waals surface area (Å²) in [6.45, 7) is 7.05. The summed E-state index contributed by atoms with van der Waals surface area (Å²) in [6, 6.07) is 13.3. The predicted molar refractivity (Wildman–Crippen MR) is 118 cm³/mol. The summed E-state index contributed by atoms with van der Waals surface area (Å²) >= 11 is 1.36. The summed E-state index contributed by atoms with van der Waals surface area (Å²) in [5.41, 5.74) is 3.14. The molecule has 8 heteroatoms. The molecule has 0 unspecified atom stereocenters. The van der Waals surface area contributed by atoms with Crippen molar-refractivity contribution in [2.75, 3.05) is 18.2 Å². The highest BCUT2D eigenvalue weighted by Gasteiger charge is 2.14. The molecule has 2 aromatic carbocycles. The van der Waals surface area contributed by atoms with Crippen molar-refractivity contribution in [3.05, 3.63) is 59.4 Å². The quantitative estimate of drug-likeness (QED) is 0.516. The van der Waals surface area contributed by atoms with E-state index in [2.05, 4.69) is 15.5 Å². The van der Waals surface area contributed by atoms with Crippen molar-refractivity contribution >= 4 is 23.4 Å². The molecule has 0 saturated carbocycles. The van der Waals surface area contributed by atoms with Crippen LogP contribution in [0.15, 0.2) is 47.6 Å². The number of amides is 1. The van der Waals surface area contributed by atoms with E-state index in [9.17, 15) is 4.79 Å². The normalized spacial score (nSPS) is 10.7. The molecule has 1 aromatic heterocycles. The Bertz CT molecular complexity index is 1020. The van der Waals surface area contributed by atoms with E-state index >= 15 is 0 Å². The highest BCUT2D eigenvalue weighted by atomic mass is 32.2. The van der Waals surface area contributed by atoms with Gasteiger partial charge in [0.1, 0.15) is 18.1 Å². The Morgan fingerprint density at radius 1 is 1.10 bits per heavy atom. The highest BCUT2D eigenvalue weighted by Crippen LogP contribution is 2.22. The second kappa shape index (κ2) is 10.2. The third-order valence-corrected chi connectivity index (χ3v) is 5.61. The Balaban J connectivity index is 1.58. The number of ether oxygens (including phenoxy) is 2. The SMILES string of the molecule is CCn1c(COc2cccc(OC)c2)nnc1SCC(=O)Nc1ccc(C)c(C)c1. The Labute approximate surface area is 180 Å². The van der Waals surface area contributed by atoms with Crippen LogP contribution in [0.2, 0.25) is 0 Å². The van der Waals surface area contributed by atoms with Gasteiger partial charge in [0, 0.05) is 18.3 Å². The zero-order chi connectivity index (χ0) is 21.5. The molecule has 1 N–H and O–H groups in total. The Morgan fingerprint density at radius 3 is 2.63 bits per heavy atom. The van der Waals surface area contributed by atoms with Gasteiger partial charge in [-0.15, -0.1) is 10.2 Å². The first-order valence-electron chi connectivity index (χ1n) is 9.69. The number of carbonyl (C=O) groups excluding carboxylic acids is 1. The number of benzene rings is 2. The van der Waals surface area contributed by atoms with Crippen molar-refractivity contribution in [3.8, 4) is 11.5 Å². The van der Waals surface area contributed by atoms with Gasteiger partial charge in [-0.3, -0.25) is 4.79 Å². The van der Waals surface area contributed by atoms with Crippen LogP contribution >= 0.6 is 11.8 Å². The van der Waals surface area contributed by atoms with Crippen LogP contribution in [0.1, 0.15) is 23.9 Å². The number of aromatic nitrogens is 3. The van der Waals surface area contributed by atoms with Crippen LogP contribution in [0.5, 0.6) is 11.5 Å². The maximum atomic E-state index is 12.3. The van der Waals surface area contributed by atoms with Gasteiger partial charge in [0.2, 0.25) is 5.91 Å². The fourth-order valence-electron chi connectivity index (χ4n) is 2.84. The minimum absolute atomic E-state index is 0.0805. The van der Waals surface area contributed by atoms with Gasteiger partial charge in [0.15, 0.2) is 11.0 Å². The molecular formula is C22H26N4O3S. The molecule has 1 heterocycles. The number of hydrogen-bond acceptors (Lipinski definition) is 6. The van der Waals surface area contributed by atoms with E-state index < -0.39 is 0 Å². The molecule has 0 bridgehead atoms. The zero-order valence-corrected chi connectivity index (χ0v) is 18.5. The first kappa shape index (κ1) is 21.7. The fraction of sp³-hybridized carbons (Fsp3) is 0.318. The molecule has 0 aliphatic rings. The van der Waals surface area contributed by atoms with Crippen molar-refractivity contribution in [1.29, 1.82) is 0 Å². The molecule has 3 rings (SSSR count). The van der Waals surface area contributed by atoms with Gasteiger partial charge in [-0.1, -0.05) is 23.9 Å². The lowest BCUT2D eigenvalue weighted by molar-refractivity contribution is -0.113. The van der Waals surface area contributed by atoms with Crippen molar-refractivity contribution in [2.24, 2.45) is 0 Å². The lowest BCUT2D eigenvalue weighted by Gasteiger charge is -2.10. The molecule has 7 nitrogen and oxygen atoms in total. The largest absolute Gasteiger partial charge is 0.497 e. The molecule has 0 radical (unpaired) electrons. The van der Waals surface area contributed by atoms with Crippen molar-refractivity contribution in [2.45, 2.75) is 39.1 Å². The van der Waals surface area contributed by atoms with Crippen LogP contribution in [0.3, 0.4) is 0 Å². The molecule has 0 spiro atoms. The van der Waals surface area contributed by atoms with E-state index in [1.165, 1.54) is 17.3 Å². The number of hydrogen-bond donors (Lipinski definition) is 1. The average Bonchev–Trinajstić information content (AvgIpc) is 3.15. The minimum atomic E-state index is -0.0805. The summed E-state index contributed by atoms with van der Waals surface area (Å²) in [5, 5.41) is 12.1. The predicted octanol–water partition coefficient (Wildman–Crippen LogP) is 4.23. The Kier molecular flexibility index (Phi) is 7.35. The van der Waals surface area contributed by atoms with Crippen LogP contribution < -0.4 is 14.8 Å². The summed E-state index contributed by atoms with van der Waals surface area (Å²) in [7, 11) is 1.62. The molecule has 1 amide bonds. The monoisotopic (exact) mass is 426 g/mol. The third kappa shape index (κ3) is 5.54. The summed E-state index contributed by atoms with van der Waals surface area (Å²) in [5.74, 6) is 2.31. The number of nitrogens with one attached hydrogen (secondary N) is 1. The van der Waals surface area contributed by atoms with Gasteiger partial charge >= 0.3 is 0 Å². The molecule has 158 valence electrons. The van der Waals surface area contributed by atoms with E-state index in [-0.39, 0.29) is 18.3 Å².